The molecule has 0 aliphatic carbocycles. The van der Waals surface area contributed by atoms with Gasteiger partial charge in [-0.25, -0.2) is 0 Å². The van der Waals surface area contributed by atoms with Crippen molar-refractivity contribution < 1.29 is 14.4 Å². The fourth-order valence-corrected chi connectivity index (χ4v) is 2.25. The molecule has 3 aromatic rings. The van der Waals surface area contributed by atoms with E-state index in [1.165, 1.54) is 0 Å². The minimum absolute atomic E-state index is 0.130. The first-order chi connectivity index (χ1) is 11.2. The van der Waals surface area contributed by atoms with Gasteiger partial charge in [0.15, 0.2) is 12.4 Å². The van der Waals surface area contributed by atoms with E-state index in [0.717, 1.165) is 16.8 Å². The molecule has 118 valence electrons. The number of phenols is 1. The quantitative estimate of drug-likeness (QED) is 0.778. The predicted octanol–water partition coefficient (Wildman–Crippen LogP) is 3.29. The van der Waals surface area contributed by atoms with Crippen molar-refractivity contribution in [1.82, 2.24) is 15.1 Å². The van der Waals surface area contributed by atoms with Crippen molar-refractivity contribution in [1.29, 1.82) is 0 Å². The van der Waals surface area contributed by atoms with Crippen molar-refractivity contribution in [2.75, 3.05) is 0 Å². The van der Waals surface area contributed by atoms with E-state index in [0.29, 0.717) is 23.9 Å². The zero-order valence-corrected chi connectivity index (χ0v) is 13.0. The van der Waals surface area contributed by atoms with Gasteiger partial charge in [-0.1, -0.05) is 18.1 Å². The third kappa shape index (κ3) is 3.31. The van der Waals surface area contributed by atoms with Crippen molar-refractivity contribution >= 4 is 0 Å². The van der Waals surface area contributed by atoms with Crippen LogP contribution in [0.2, 0.25) is 0 Å². The number of ether oxygens (including phenoxy) is 1. The van der Waals surface area contributed by atoms with Gasteiger partial charge in [0.25, 0.3) is 5.89 Å². The SMILES string of the molecule is CCc1noc(COc2cc(O)ccc2-c2cccnc2C)n1. The maximum absolute atomic E-state index is 9.75. The second kappa shape index (κ2) is 6.48. The minimum atomic E-state index is 0.130. The average Bonchev–Trinajstić information content (AvgIpc) is 3.02. The lowest BCUT2D eigenvalue weighted by molar-refractivity contribution is 0.242. The molecule has 0 aliphatic rings. The number of hydrogen-bond donors (Lipinski definition) is 1. The molecular weight excluding hydrogens is 294 g/mol. The Kier molecular flexibility index (Phi) is 4.23. The van der Waals surface area contributed by atoms with Crippen LogP contribution in [0.4, 0.5) is 0 Å². The molecule has 1 N–H and O–H groups in total. The lowest BCUT2D eigenvalue weighted by atomic mass is 10.0. The molecule has 2 heterocycles. The number of aryl methyl sites for hydroxylation is 2. The third-order valence-corrected chi connectivity index (χ3v) is 3.44. The monoisotopic (exact) mass is 311 g/mol. The highest BCUT2D eigenvalue weighted by Crippen LogP contribution is 2.34. The highest BCUT2D eigenvalue weighted by Gasteiger charge is 2.12. The van der Waals surface area contributed by atoms with E-state index in [1.807, 2.05) is 26.0 Å². The Bertz CT molecular complexity index is 814. The van der Waals surface area contributed by atoms with E-state index in [9.17, 15) is 5.11 Å². The number of phenolic OH excluding ortho intramolecular Hbond substituents is 1. The summed E-state index contributed by atoms with van der Waals surface area (Å²) in [5.41, 5.74) is 2.68. The van der Waals surface area contributed by atoms with Gasteiger partial charge in [0.05, 0.1) is 0 Å². The minimum Gasteiger partial charge on any atom is -0.508 e. The van der Waals surface area contributed by atoms with E-state index in [4.69, 9.17) is 9.26 Å². The van der Waals surface area contributed by atoms with E-state index < -0.39 is 0 Å². The summed E-state index contributed by atoms with van der Waals surface area (Å²) in [6.45, 7) is 4.02. The number of rotatable bonds is 5. The zero-order valence-electron chi connectivity index (χ0n) is 13.0. The molecule has 0 saturated carbocycles. The average molecular weight is 311 g/mol. The van der Waals surface area contributed by atoms with Crippen LogP contribution in [-0.4, -0.2) is 20.2 Å². The van der Waals surface area contributed by atoms with E-state index in [1.54, 1.807) is 24.4 Å². The van der Waals surface area contributed by atoms with Crippen LogP contribution in [0.5, 0.6) is 11.5 Å². The normalized spacial score (nSPS) is 10.7. The first-order valence-corrected chi connectivity index (χ1v) is 7.36. The maximum Gasteiger partial charge on any atom is 0.264 e. The summed E-state index contributed by atoms with van der Waals surface area (Å²) in [6.07, 6.45) is 2.44. The molecule has 0 amide bonds. The fraction of sp³-hybridized carbons (Fsp3) is 0.235. The van der Waals surface area contributed by atoms with Crippen molar-refractivity contribution in [3.05, 3.63) is 53.9 Å². The summed E-state index contributed by atoms with van der Waals surface area (Å²) in [7, 11) is 0. The smallest absolute Gasteiger partial charge is 0.264 e. The van der Waals surface area contributed by atoms with Crippen LogP contribution in [0.3, 0.4) is 0 Å². The lowest BCUT2D eigenvalue weighted by Crippen LogP contribution is -1.98. The van der Waals surface area contributed by atoms with Crippen molar-refractivity contribution in [2.45, 2.75) is 26.9 Å². The standard InChI is InChI=1S/C17H17N3O3/c1-3-16-19-17(23-20-16)10-22-15-9-12(21)6-7-14(15)13-5-4-8-18-11(13)2/h4-9,21H,3,10H2,1-2H3. The second-order valence-corrected chi connectivity index (χ2v) is 5.06. The third-order valence-electron chi connectivity index (χ3n) is 3.44. The van der Waals surface area contributed by atoms with Gasteiger partial charge >= 0.3 is 0 Å². The Morgan fingerprint density at radius 2 is 2.09 bits per heavy atom. The second-order valence-electron chi connectivity index (χ2n) is 5.06. The van der Waals surface area contributed by atoms with Gasteiger partial charge in [-0.15, -0.1) is 0 Å². The Morgan fingerprint density at radius 1 is 1.22 bits per heavy atom. The highest BCUT2D eigenvalue weighted by atomic mass is 16.5. The first-order valence-electron chi connectivity index (χ1n) is 7.36. The van der Waals surface area contributed by atoms with Gasteiger partial charge in [-0.3, -0.25) is 4.98 Å². The number of aromatic nitrogens is 3. The maximum atomic E-state index is 9.75. The number of aromatic hydroxyl groups is 1. The Balaban J connectivity index is 1.89. The van der Waals surface area contributed by atoms with Gasteiger partial charge in [0.1, 0.15) is 11.5 Å². The van der Waals surface area contributed by atoms with Gasteiger partial charge in [0.2, 0.25) is 0 Å². The first kappa shape index (κ1) is 15.0. The summed E-state index contributed by atoms with van der Waals surface area (Å²) >= 11 is 0. The summed E-state index contributed by atoms with van der Waals surface area (Å²) in [4.78, 5) is 8.50. The van der Waals surface area contributed by atoms with Crippen LogP contribution in [-0.2, 0) is 13.0 Å². The molecule has 1 aromatic carbocycles. The van der Waals surface area contributed by atoms with Gasteiger partial charge in [0, 0.05) is 35.5 Å². The molecule has 0 bridgehead atoms. The lowest BCUT2D eigenvalue weighted by Gasteiger charge is -2.12. The van der Waals surface area contributed by atoms with E-state index in [2.05, 4.69) is 15.1 Å². The van der Waals surface area contributed by atoms with Gasteiger partial charge in [-0.05, 0) is 25.1 Å². The van der Waals surface area contributed by atoms with Gasteiger partial charge < -0.3 is 14.4 Å². The number of benzene rings is 1. The largest absolute Gasteiger partial charge is 0.508 e. The summed E-state index contributed by atoms with van der Waals surface area (Å²) in [5, 5.41) is 13.6. The molecule has 6 nitrogen and oxygen atoms in total. The molecule has 0 radical (unpaired) electrons. The van der Waals surface area contributed by atoms with Crippen LogP contribution in [0.25, 0.3) is 11.1 Å². The summed E-state index contributed by atoms with van der Waals surface area (Å²) < 4.78 is 10.9. The van der Waals surface area contributed by atoms with Crippen molar-refractivity contribution in [3.8, 4) is 22.6 Å². The summed E-state index contributed by atoms with van der Waals surface area (Å²) in [6, 6.07) is 8.82. The van der Waals surface area contributed by atoms with Crippen LogP contribution in [0, 0.1) is 6.92 Å². The molecule has 0 spiro atoms. The molecule has 0 saturated heterocycles. The Hall–Kier alpha value is -2.89. The Morgan fingerprint density at radius 3 is 2.83 bits per heavy atom. The molecule has 0 aliphatic heterocycles. The predicted molar refractivity (Wildman–Crippen MR) is 84.1 cm³/mol. The molecule has 2 aromatic heterocycles. The van der Waals surface area contributed by atoms with Crippen LogP contribution < -0.4 is 4.74 Å². The van der Waals surface area contributed by atoms with Crippen LogP contribution in [0.1, 0.15) is 24.3 Å². The van der Waals surface area contributed by atoms with E-state index >= 15 is 0 Å². The molecule has 0 fully saturated rings. The fourth-order valence-electron chi connectivity index (χ4n) is 2.25. The highest BCUT2D eigenvalue weighted by molar-refractivity contribution is 5.73. The molecular formula is C17H17N3O3. The van der Waals surface area contributed by atoms with Crippen molar-refractivity contribution in [3.63, 3.8) is 0 Å². The molecule has 6 heteroatoms. The topological polar surface area (TPSA) is 81.3 Å². The summed E-state index contributed by atoms with van der Waals surface area (Å²) in [5.74, 6) is 1.71. The molecule has 23 heavy (non-hydrogen) atoms. The zero-order chi connectivity index (χ0) is 16.2. The molecule has 0 unspecified atom stereocenters. The Labute approximate surface area is 133 Å². The number of pyridine rings is 1. The molecule has 0 atom stereocenters. The van der Waals surface area contributed by atoms with Crippen LogP contribution in [0.15, 0.2) is 41.1 Å². The van der Waals surface area contributed by atoms with Crippen molar-refractivity contribution in [2.24, 2.45) is 0 Å². The van der Waals surface area contributed by atoms with Crippen LogP contribution >= 0.6 is 0 Å². The van der Waals surface area contributed by atoms with E-state index in [-0.39, 0.29) is 12.4 Å². The van der Waals surface area contributed by atoms with Gasteiger partial charge in [-0.2, -0.15) is 4.98 Å². The number of hydrogen-bond acceptors (Lipinski definition) is 6. The number of nitrogens with zero attached hydrogens (tertiary/aromatic N) is 3. The molecule has 3 rings (SSSR count).